The summed E-state index contributed by atoms with van der Waals surface area (Å²) in [5, 5.41) is 1.00. The summed E-state index contributed by atoms with van der Waals surface area (Å²) in [4.78, 5) is 29.5. The van der Waals surface area contributed by atoms with E-state index in [2.05, 4.69) is 4.98 Å². The lowest BCUT2D eigenvalue weighted by atomic mass is 10.2. The SMILES string of the molecule is CCOC(=O)c1nc2ccccc2c(=O)n1-c1ccc(Cl)c(Cl)c1. The Morgan fingerprint density at radius 2 is 1.92 bits per heavy atom. The summed E-state index contributed by atoms with van der Waals surface area (Å²) in [7, 11) is 0. The van der Waals surface area contributed by atoms with Gasteiger partial charge in [-0.15, -0.1) is 0 Å². The Bertz CT molecular complexity index is 999. The van der Waals surface area contributed by atoms with Crippen molar-refractivity contribution < 1.29 is 9.53 Å². The first-order valence-corrected chi connectivity index (χ1v) is 7.93. The van der Waals surface area contributed by atoms with Crippen molar-refractivity contribution in [1.29, 1.82) is 0 Å². The molecule has 2 aromatic carbocycles. The number of para-hydroxylation sites is 1. The molecule has 1 heterocycles. The minimum atomic E-state index is -0.688. The summed E-state index contributed by atoms with van der Waals surface area (Å²) in [5.74, 6) is -0.801. The first kappa shape index (κ1) is 16.5. The lowest BCUT2D eigenvalue weighted by Crippen LogP contribution is -2.27. The van der Waals surface area contributed by atoms with Gasteiger partial charge in [0.2, 0.25) is 5.82 Å². The van der Waals surface area contributed by atoms with Crippen LogP contribution in [0.3, 0.4) is 0 Å². The second-order valence-electron chi connectivity index (χ2n) is 4.91. The molecule has 0 aliphatic heterocycles. The van der Waals surface area contributed by atoms with Crippen molar-refractivity contribution in [2.75, 3.05) is 6.61 Å². The number of fused-ring (bicyclic) bond motifs is 1. The van der Waals surface area contributed by atoms with Crippen LogP contribution < -0.4 is 5.56 Å². The number of hydrogen-bond donors (Lipinski definition) is 0. The van der Waals surface area contributed by atoms with Gasteiger partial charge in [0.15, 0.2) is 0 Å². The van der Waals surface area contributed by atoms with E-state index in [1.165, 1.54) is 10.6 Å². The number of benzene rings is 2. The number of aromatic nitrogens is 2. The lowest BCUT2D eigenvalue weighted by molar-refractivity contribution is 0.0508. The Balaban J connectivity index is 2.36. The monoisotopic (exact) mass is 362 g/mol. The van der Waals surface area contributed by atoms with Crippen LogP contribution in [-0.2, 0) is 4.74 Å². The van der Waals surface area contributed by atoms with E-state index >= 15 is 0 Å². The van der Waals surface area contributed by atoms with Crippen LogP contribution in [0.4, 0.5) is 0 Å². The maximum atomic E-state index is 12.9. The second kappa shape index (κ2) is 6.63. The highest BCUT2D eigenvalue weighted by atomic mass is 35.5. The predicted octanol–water partition coefficient (Wildman–Crippen LogP) is 3.87. The Kier molecular flexibility index (Phi) is 4.55. The van der Waals surface area contributed by atoms with Crippen LogP contribution in [0.25, 0.3) is 16.6 Å². The van der Waals surface area contributed by atoms with Crippen LogP contribution in [0.1, 0.15) is 17.5 Å². The lowest BCUT2D eigenvalue weighted by Gasteiger charge is -2.13. The minimum Gasteiger partial charge on any atom is -0.460 e. The predicted molar refractivity (Wildman–Crippen MR) is 93.3 cm³/mol. The maximum Gasteiger partial charge on any atom is 0.375 e. The van der Waals surface area contributed by atoms with Gasteiger partial charge in [0.1, 0.15) is 0 Å². The summed E-state index contributed by atoms with van der Waals surface area (Å²) in [6, 6.07) is 11.4. The third-order valence-electron chi connectivity index (χ3n) is 3.40. The number of rotatable bonds is 3. The molecule has 122 valence electrons. The third-order valence-corrected chi connectivity index (χ3v) is 4.13. The Labute approximate surface area is 147 Å². The fraction of sp³-hybridized carbons (Fsp3) is 0.118. The van der Waals surface area contributed by atoms with Crippen molar-refractivity contribution in [3.05, 3.63) is 68.7 Å². The van der Waals surface area contributed by atoms with E-state index in [-0.39, 0.29) is 23.0 Å². The Morgan fingerprint density at radius 3 is 2.62 bits per heavy atom. The molecular weight excluding hydrogens is 351 g/mol. The molecule has 3 aromatic rings. The molecule has 0 spiro atoms. The summed E-state index contributed by atoms with van der Waals surface area (Å²) in [6.45, 7) is 1.85. The van der Waals surface area contributed by atoms with Crippen LogP contribution in [-0.4, -0.2) is 22.1 Å². The molecule has 5 nitrogen and oxygen atoms in total. The maximum absolute atomic E-state index is 12.9. The smallest absolute Gasteiger partial charge is 0.375 e. The number of ether oxygens (including phenoxy) is 1. The number of carbonyl (C=O) groups is 1. The molecular formula is C17H12Cl2N2O3. The van der Waals surface area contributed by atoms with E-state index in [1.807, 2.05) is 0 Å². The summed E-state index contributed by atoms with van der Waals surface area (Å²) >= 11 is 12.0. The van der Waals surface area contributed by atoms with Crippen molar-refractivity contribution in [2.24, 2.45) is 0 Å². The Morgan fingerprint density at radius 1 is 1.17 bits per heavy atom. The first-order chi connectivity index (χ1) is 11.5. The molecule has 0 bridgehead atoms. The van der Waals surface area contributed by atoms with E-state index in [4.69, 9.17) is 27.9 Å². The number of carbonyl (C=O) groups excluding carboxylic acids is 1. The third kappa shape index (κ3) is 2.88. The highest BCUT2D eigenvalue weighted by Gasteiger charge is 2.20. The molecule has 24 heavy (non-hydrogen) atoms. The van der Waals surface area contributed by atoms with Crippen LogP contribution in [0.5, 0.6) is 0 Å². The molecule has 1 aromatic heterocycles. The largest absolute Gasteiger partial charge is 0.460 e. The highest BCUT2D eigenvalue weighted by molar-refractivity contribution is 6.42. The standard InChI is InChI=1S/C17H12Cl2N2O3/c1-2-24-17(23)15-20-14-6-4-3-5-11(14)16(22)21(15)10-7-8-12(18)13(19)9-10/h3-9H,2H2,1H3. The number of hydrogen-bond acceptors (Lipinski definition) is 4. The minimum absolute atomic E-state index is 0.112. The average Bonchev–Trinajstić information content (AvgIpc) is 2.58. The van der Waals surface area contributed by atoms with Crippen molar-refractivity contribution in [2.45, 2.75) is 6.92 Å². The molecule has 0 N–H and O–H groups in total. The van der Waals surface area contributed by atoms with Gasteiger partial charge >= 0.3 is 5.97 Å². The van der Waals surface area contributed by atoms with Crippen LogP contribution in [0.2, 0.25) is 10.0 Å². The van der Waals surface area contributed by atoms with Gasteiger partial charge in [-0.1, -0.05) is 35.3 Å². The summed E-state index contributed by atoms with van der Waals surface area (Å²) in [5.41, 5.74) is 0.416. The first-order valence-electron chi connectivity index (χ1n) is 7.17. The van der Waals surface area contributed by atoms with E-state index in [0.29, 0.717) is 21.6 Å². The normalized spacial score (nSPS) is 10.8. The van der Waals surface area contributed by atoms with Gasteiger partial charge in [-0.05, 0) is 37.3 Å². The van der Waals surface area contributed by atoms with E-state index in [0.717, 1.165) is 0 Å². The Hall–Kier alpha value is -2.37. The van der Waals surface area contributed by atoms with Gasteiger partial charge in [0.05, 0.1) is 33.2 Å². The molecule has 3 rings (SSSR count). The zero-order chi connectivity index (χ0) is 17.3. The molecule has 0 saturated carbocycles. The van der Waals surface area contributed by atoms with E-state index in [1.54, 1.807) is 43.3 Å². The van der Waals surface area contributed by atoms with Gasteiger partial charge in [0.25, 0.3) is 5.56 Å². The van der Waals surface area contributed by atoms with Gasteiger partial charge < -0.3 is 4.74 Å². The summed E-state index contributed by atoms with van der Waals surface area (Å²) in [6.07, 6.45) is 0. The summed E-state index contributed by atoms with van der Waals surface area (Å²) < 4.78 is 6.21. The van der Waals surface area contributed by atoms with Gasteiger partial charge in [-0.3, -0.25) is 9.36 Å². The van der Waals surface area contributed by atoms with Crippen LogP contribution >= 0.6 is 23.2 Å². The number of nitrogens with zero attached hydrogens (tertiary/aromatic N) is 2. The molecule has 0 unspecified atom stereocenters. The van der Waals surface area contributed by atoms with Gasteiger partial charge in [-0.25, -0.2) is 9.78 Å². The van der Waals surface area contributed by atoms with Crippen molar-refractivity contribution >= 4 is 40.1 Å². The second-order valence-corrected chi connectivity index (χ2v) is 5.73. The number of halogens is 2. The van der Waals surface area contributed by atoms with Crippen molar-refractivity contribution in [3.63, 3.8) is 0 Å². The zero-order valence-electron chi connectivity index (χ0n) is 12.6. The fourth-order valence-corrected chi connectivity index (χ4v) is 2.62. The number of esters is 1. The van der Waals surface area contributed by atoms with Crippen molar-refractivity contribution in [3.8, 4) is 5.69 Å². The molecule has 0 amide bonds. The van der Waals surface area contributed by atoms with Gasteiger partial charge in [-0.2, -0.15) is 0 Å². The quantitative estimate of drug-likeness (QED) is 0.663. The van der Waals surface area contributed by atoms with Crippen LogP contribution in [0, 0.1) is 0 Å². The fourth-order valence-electron chi connectivity index (χ4n) is 2.33. The molecule has 0 aliphatic rings. The topological polar surface area (TPSA) is 61.2 Å². The molecule has 7 heteroatoms. The molecule has 0 radical (unpaired) electrons. The van der Waals surface area contributed by atoms with E-state index < -0.39 is 5.97 Å². The van der Waals surface area contributed by atoms with E-state index in [9.17, 15) is 9.59 Å². The molecule has 0 aliphatic carbocycles. The average molecular weight is 363 g/mol. The zero-order valence-corrected chi connectivity index (χ0v) is 14.1. The molecule has 0 atom stereocenters. The van der Waals surface area contributed by atoms with Crippen LogP contribution in [0.15, 0.2) is 47.3 Å². The van der Waals surface area contributed by atoms with Gasteiger partial charge in [0, 0.05) is 0 Å². The van der Waals surface area contributed by atoms with Crippen molar-refractivity contribution in [1.82, 2.24) is 9.55 Å². The molecule has 0 saturated heterocycles. The highest BCUT2D eigenvalue weighted by Crippen LogP contribution is 2.25. The molecule has 0 fully saturated rings.